The number of hydrogen-bond acceptors (Lipinski definition) is 4. The molecule has 0 amide bonds. The predicted octanol–water partition coefficient (Wildman–Crippen LogP) is 4.06. The van der Waals surface area contributed by atoms with Gasteiger partial charge in [-0.1, -0.05) is 25.4 Å². The van der Waals surface area contributed by atoms with Gasteiger partial charge in [0.05, 0.1) is 9.26 Å². The van der Waals surface area contributed by atoms with E-state index in [-0.39, 0.29) is 0 Å². The molecule has 0 saturated heterocycles. The average molecular weight is 380 g/mol. The molecule has 0 fully saturated rings. The van der Waals surface area contributed by atoms with Crippen molar-refractivity contribution in [3.63, 3.8) is 0 Å². The van der Waals surface area contributed by atoms with Gasteiger partial charge in [-0.15, -0.1) is 11.3 Å². The van der Waals surface area contributed by atoms with Crippen molar-refractivity contribution in [1.29, 1.82) is 0 Å². The van der Waals surface area contributed by atoms with E-state index in [4.69, 9.17) is 11.6 Å². The van der Waals surface area contributed by atoms with Crippen LogP contribution in [-0.4, -0.2) is 15.0 Å². The zero-order valence-electron chi connectivity index (χ0n) is 9.44. The summed E-state index contributed by atoms with van der Waals surface area (Å²) < 4.78 is 0.943. The summed E-state index contributed by atoms with van der Waals surface area (Å²) in [4.78, 5) is 13.0. The Balaban J connectivity index is 2.46. The highest BCUT2D eigenvalue weighted by molar-refractivity contribution is 14.1. The number of aromatic nitrogens is 3. The fraction of sp³-hybridized carbons (Fsp3) is 0.364. The van der Waals surface area contributed by atoms with Crippen LogP contribution in [0.2, 0.25) is 5.15 Å². The minimum Gasteiger partial charge on any atom is -0.241 e. The Bertz CT molecular complexity index is 514. The van der Waals surface area contributed by atoms with Gasteiger partial charge in [0.25, 0.3) is 0 Å². The smallest absolute Gasteiger partial charge is 0.190 e. The van der Waals surface area contributed by atoms with Crippen molar-refractivity contribution in [2.45, 2.75) is 20.3 Å². The molecule has 2 rings (SSSR count). The second kappa shape index (κ2) is 5.58. The third kappa shape index (κ3) is 3.14. The van der Waals surface area contributed by atoms with E-state index >= 15 is 0 Å². The Morgan fingerprint density at radius 3 is 2.76 bits per heavy atom. The number of thiazole rings is 1. The molecule has 0 atom stereocenters. The molecule has 2 aromatic rings. The summed E-state index contributed by atoms with van der Waals surface area (Å²) in [6, 6.07) is 0. The zero-order chi connectivity index (χ0) is 12.4. The lowest BCUT2D eigenvalue weighted by Crippen LogP contribution is -2.04. The maximum Gasteiger partial charge on any atom is 0.190 e. The van der Waals surface area contributed by atoms with Crippen LogP contribution < -0.4 is 0 Å². The summed E-state index contributed by atoms with van der Waals surface area (Å²) in [5, 5.41) is 3.24. The molecule has 0 radical (unpaired) electrons. The predicted molar refractivity (Wildman–Crippen MR) is 79.4 cm³/mol. The highest BCUT2D eigenvalue weighted by Crippen LogP contribution is 2.26. The lowest BCUT2D eigenvalue weighted by Gasteiger charge is -2.08. The van der Waals surface area contributed by atoms with Crippen LogP contribution in [0.4, 0.5) is 0 Å². The monoisotopic (exact) mass is 379 g/mol. The molecule has 90 valence electrons. The van der Waals surface area contributed by atoms with Gasteiger partial charge in [0.1, 0.15) is 5.15 Å². The number of hydrogen-bond donors (Lipinski definition) is 0. The molecule has 0 N–H and O–H groups in total. The first-order valence-corrected chi connectivity index (χ1v) is 7.53. The summed E-state index contributed by atoms with van der Waals surface area (Å²) in [5.41, 5.74) is 1.01. The van der Waals surface area contributed by atoms with Gasteiger partial charge < -0.3 is 0 Å². The first-order valence-electron chi connectivity index (χ1n) is 5.19. The van der Waals surface area contributed by atoms with Crippen molar-refractivity contribution < 1.29 is 0 Å². The Kier molecular flexibility index (Phi) is 4.32. The standard InChI is InChI=1S/C11H11ClIN3S/c1-6(2)5-7-8(13)9(12)16-10(15-7)11-14-3-4-17-11/h3-4,6H,5H2,1-2H3. The second-order valence-electron chi connectivity index (χ2n) is 4.03. The fourth-order valence-electron chi connectivity index (χ4n) is 1.41. The van der Waals surface area contributed by atoms with E-state index < -0.39 is 0 Å². The van der Waals surface area contributed by atoms with Gasteiger partial charge in [0.2, 0.25) is 0 Å². The van der Waals surface area contributed by atoms with Gasteiger partial charge in [0, 0.05) is 11.6 Å². The van der Waals surface area contributed by atoms with Gasteiger partial charge in [-0.25, -0.2) is 15.0 Å². The van der Waals surface area contributed by atoms with E-state index in [2.05, 4.69) is 51.4 Å². The third-order valence-electron chi connectivity index (χ3n) is 2.10. The summed E-state index contributed by atoms with van der Waals surface area (Å²) in [5.74, 6) is 1.17. The van der Waals surface area contributed by atoms with E-state index in [0.29, 0.717) is 16.9 Å². The van der Waals surface area contributed by atoms with Crippen molar-refractivity contribution in [1.82, 2.24) is 15.0 Å². The topological polar surface area (TPSA) is 38.7 Å². The summed E-state index contributed by atoms with van der Waals surface area (Å²) in [6.07, 6.45) is 2.65. The molecule has 0 unspecified atom stereocenters. The molecule has 6 heteroatoms. The Morgan fingerprint density at radius 1 is 1.41 bits per heavy atom. The molecule has 17 heavy (non-hydrogen) atoms. The molecule has 0 aliphatic heterocycles. The van der Waals surface area contributed by atoms with Crippen molar-refractivity contribution in [3.8, 4) is 10.8 Å². The van der Waals surface area contributed by atoms with E-state index in [9.17, 15) is 0 Å². The Morgan fingerprint density at radius 2 is 2.18 bits per heavy atom. The Hall–Kier alpha value is -0.270. The minimum absolute atomic E-state index is 0.515. The van der Waals surface area contributed by atoms with Crippen molar-refractivity contribution in [3.05, 3.63) is 26.0 Å². The lowest BCUT2D eigenvalue weighted by atomic mass is 10.1. The summed E-state index contributed by atoms with van der Waals surface area (Å²) >= 11 is 9.86. The van der Waals surface area contributed by atoms with Crippen LogP contribution in [0, 0.1) is 9.49 Å². The molecule has 2 aromatic heterocycles. The molecule has 0 aliphatic rings. The SMILES string of the molecule is CC(C)Cc1nc(-c2nccs2)nc(Cl)c1I. The molecule has 3 nitrogen and oxygen atoms in total. The van der Waals surface area contributed by atoms with Crippen molar-refractivity contribution in [2.75, 3.05) is 0 Å². The van der Waals surface area contributed by atoms with Crippen molar-refractivity contribution >= 4 is 45.5 Å². The second-order valence-corrected chi connectivity index (χ2v) is 6.37. The normalized spacial score (nSPS) is 11.1. The van der Waals surface area contributed by atoms with Gasteiger partial charge in [-0.05, 0) is 34.9 Å². The number of nitrogens with zero attached hydrogens (tertiary/aromatic N) is 3. The van der Waals surface area contributed by atoms with Crippen LogP contribution in [0.5, 0.6) is 0 Å². The molecule has 0 saturated carbocycles. The quantitative estimate of drug-likeness (QED) is 0.596. The molecule has 0 bridgehead atoms. The zero-order valence-corrected chi connectivity index (χ0v) is 13.2. The van der Waals surface area contributed by atoms with Gasteiger partial charge in [0.15, 0.2) is 10.8 Å². The van der Waals surface area contributed by atoms with Gasteiger partial charge >= 0.3 is 0 Å². The van der Waals surface area contributed by atoms with E-state index in [1.165, 1.54) is 11.3 Å². The first-order chi connectivity index (χ1) is 8.08. The maximum absolute atomic E-state index is 6.14. The first kappa shape index (κ1) is 13.2. The highest BCUT2D eigenvalue weighted by Gasteiger charge is 2.14. The summed E-state index contributed by atoms with van der Waals surface area (Å²) in [7, 11) is 0. The molecule has 0 aromatic carbocycles. The van der Waals surface area contributed by atoms with E-state index in [0.717, 1.165) is 20.7 Å². The van der Waals surface area contributed by atoms with Crippen LogP contribution >= 0.6 is 45.5 Å². The molecule has 2 heterocycles. The molecular formula is C11H11ClIN3S. The number of halogens is 2. The molecule has 0 spiro atoms. The van der Waals surface area contributed by atoms with Crippen LogP contribution in [0.15, 0.2) is 11.6 Å². The summed E-state index contributed by atoms with van der Waals surface area (Å²) in [6.45, 7) is 4.32. The van der Waals surface area contributed by atoms with Gasteiger partial charge in [-0.3, -0.25) is 0 Å². The van der Waals surface area contributed by atoms with E-state index in [1.807, 2.05) is 5.38 Å². The molecule has 0 aliphatic carbocycles. The minimum atomic E-state index is 0.515. The lowest BCUT2D eigenvalue weighted by molar-refractivity contribution is 0.632. The van der Waals surface area contributed by atoms with Crippen LogP contribution in [0.1, 0.15) is 19.5 Å². The van der Waals surface area contributed by atoms with Crippen LogP contribution in [0.3, 0.4) is 0 Å². The number of rotatable bonds is 3. The largest absolute Gasteiger partial charge is 0.241 e. The average Bonchev–Trinajstić information content (AvgIpc) is 2.77. The Labute approximate surface area is 123 Å². The molecular weight excluding hydrogens is 369 g/mol. The van der Waals surface area contributed by atoms with Gasteiger partial charge in [-0.2, -0.15) is 0 Å². The fourth-order valence-corrected chi connectivity index (χ4v) is 2.63. The third-order valence-corrected chi connectivity index (χ3v) is 4.60. The maximum atomic E-state index is 6.14. The van der Waals surface area contributed by atoms with Crippen LogP contribution in [-0.2, 0) is 6.42 Å². The van der Waals surface area contributed by atoms with Crippen LogP contribution in [0.25, 0.3) is 10.8 Å². The van der Waals surface area contributed by atoms with E-state index in [1.54, 1.807) is 6.20 Å². The van der Waals surface area contributed by atoms with Crippen molar-refractivity contribution in [2.24, 2.45) is 5.92 Å². The highest BCUT2D eigenvalue weighted by atomic mass is 127.